The smallest absolute Gasteiger partial charge is 0.399 e. The van der Waals surface area contributed by atoms with Crippen LogP contribution in [0.15, 0.2) is 35.5 Å². The molecule has 1 aliphatic heterocycles. The maximum Gasteiger partial charge on any atom is 0.494 e. The molecule has 1 fully saturated rings. The molecule has 0 bridgehead atoms. The maximum atomic E-state index is 7.99. The lowest BCUT2D eigenvalue weighted by Gasteiger charge is -2.32. The first-order chi connectivity index (χ1) is 10.3. The molecule has 2 aliphatic rings. The minimum Gasteiger partial charge on any atom is -0.399 e. The summed E-state index contributed by atoms with van der Waals surface area (Å²) >= 11 is 0. The molecule has 0 aromatic rings. The summed E-state index contributed by atoms with van der Waals surface area (Å²) in [5.41, 5.74) is 1.47. The Morgan fingerprint density at radius 2 is 1.86 bits per heavy atom. The number of ether oxygens (including phenoxy) is 1. The van der Waals surface area contributed by atoms with Crippen LogP contribution in [0.4, 0.5) is 0 Å². The molecule has 0 radical (unpaired) electrons. The van der Waals surface area contributed by atoms with E-state index in [4.69, 9.17) is 19.5 Å². The van der Waals surface area contributed by atoms with Gasteiger partial charge in [0.15, 0.2) is 0 Å². The van der Waals surface area contributed by atoms with Gasteiger partial charge in [-0.1, -0.05) is 12.2 Å². The van der Waals surface area contributed by atoms with Crippen LogP contribution >= 0.6 is 0 Å². The number of methoxy groups -OCH3 is 1. The maximum absolute atomic E-state index is 7.99. The average molecular weight is 304 g/mol. The molecule has 0 aromatic carbocycles. The fourth-order valence-electron chi connectivity index (χ4n) is 2.17. The van der Waals surface area contributed by atoms with E-state index in [1.807, 2.05) is 46.0 Å². The number of hydrogen-bond acceptors (Lipinski definition) is 5. The van der Waals surface area contributed by atoms with Crippen molar-refractivity contribution in [1.29, 1.82) is 5.41 Å². The van der Waals surface area contributed by atoms with E-state index in [-0.39, 0.29) is 11.2 Å². The molecule has 1 heterocycles. The first-order valence-corrected chi connectivity index (χ1v) is 7.53. The second-order valence-electron chi connectivity index (χ2n) is 6.53. The summed E-state index contributed by atoms with van der Waals surface area (Å²) in [6, 6.07) is 0. The van der Waals surface area contributed by atoms with E-state index in [0.717, 1.165) is 11.0 Å². The standard InChI is InChI=1S/C16H25BN2O3/c1-15(2)16(3,4)22-17(21-15)13-6-7-14(18)12(10-13)11-19-8-9-20-5/h6-7,10-11,18-19H,8-9H2,1-5H3/b12-11-,18-14?. The summed E-state index contributed by atoms with van der Waals surface area (Å²) < 4.78 is 17.1. The summed E-state index contributed by atoms with van der Waals surface area (Å²) in [5.74, 6) is 0. The third-order valence-electron chi connectivity index (χ3n) is 4.31. The topological polar surface area (TPSA) is 63.6 Å². The van der Waals surface area contributed by atoms with Crippen LogP contribution < -0.4 is 5.32 Å². The van der Waals surface area contributed by atoms with Crippen LogP contribution in [0.1, 0.15) is 27.7 Å². The first-order valence-electron chi connectivity index (χ1n) is 7.53. The Kier molecular flexibility index (Phi) is 4.95. The van der Waals surface area contributed by atoms with Gasteiger partial charge >= 0.3 is 7.12 Å². The van der Waals surface area contributed by atoms with Crippen molar-refractivity contribution in [2.45, 2.75) is 38.9 Å². The van der Waals surface area contributed by atoms with Gasteiger partial charge in [-0.2, -0.15) is 0 Å². The van der Waals surface area contributed by atoms with E-state index in [1.54, 1.807) is 13.2 Å². The molecule has 2 N–H and O–H groups in total. The first kappa shape index (κ1) is 17.0. The van der Waals surface area contributed by atoms with Crippen molar-refractivity contribution in [3.05, 3.63) is 35.5 Å². The second kappa shape index (κ2) is 6.40. The summed E-state index contributed by atoms with van der Waals surface area (Å²) in [6.07, 6.45) is 7.42. The van der Waals surface area contributed by atoms with Gasteiger partial charge in [0.1, 0.15) is 0 Å². The van der Waals surface area contributed by atoms with Crippen LogP contribution in [0, 0.1) is 5.41 Å². The molecule has 6 heteroatoms. The van der Waals surface area contributed by atoms with Crippen LogP contribution in [0.25, 0.3) is 0 Å². The summed E-state index contributed by atoms with van der Waals surface area (Å²) in [7, 11) is 1.26. The fourth-order valence-corrected chi connectivity index (χ4v) is 2.17. The summed E-state index contributed by atoms with van der Waals surface area (Å²) in [6.45, 7) is 9.46. The van der Waals surface area contributed by atoms with E-state index < -0.39 is 7.12 Å². The third kappa shape index (κ3) is 3.51. The van der Waals surface area contributed by atoms with Crippen molar-refractivity contribution < 1.29 is 14.0 Å². The van der Waals surface area contributed by atoms with E-state index in [2.05, 4.69) is 5.32 Å². The molecule has 0 unspecified atom stereocenters. The number of rotatable bonds is 5. The highest BCUT2D eigenvalue weighted by atomic mass is 16.7. The van der Waals surface area contributed by atoms with Crippen molar-refractivity contribution in [2.24, 2.45) is 0 Å². The Hall–Kier alpha value is -1.37. The lowest BCUT2D eigenvalue weighted by atomic mass is 9.74. The predicted molar refractivity (Wildman–Crippen MR) is 89.0 cm³/mol. The molecule has 5 nitrogen and oxygen atoms in total. The Morgan fingerprint density at radius 1 is 1.23 bits per heavy atom. The Morgan fingerprint density at radius 3 is 2.45 bits per heavy atom. The zero-order valence-corrected chi connectivity index (χ0v) is 14.0. The normalized spacial score (nSPS) is 24.8. The van der Waals surface area contributed by atoms with Crippen molar-refractivity contribution in [1.82, 2.24) is 5.32 Å². The molecule has 0 saturated carbocycles. The highest BCUT2D eigenvalue weighted by molar-refractivity contribution is 6.56. The third-order valence-corrected chi connectivity index (χ3v) is 4.31. The van der Waals surface area contributed by atoms with Crippen molar-refractivity contribution in [3.63, 3.8) is 0 Å². The van der Waals surface area contributed by atoms with E-state index >= 15 is 0 Å². The molecule has 0 atom stereocenters. The molecular formula is C16H25BN2O3. The molecule has 0 amide bonds. The zero-order valence-electron chi connectivity index (χ0n) is 14.0. The van der Waals surface area contributed by atoms with E-state index in [0.29, 0.717) is 18.9 Å². The van der Waals surface area contributed by atoms with E-state index in [1.165, 1.54) is 0 Å². The Labute approximate surface area is 133 Å². The van der Waals surface area contributed by atoms with Crippen molar-refractivity contribution >= 4 is 12.8 Å². The summed E-state index contributed by atoms with van der Waals surface area (Å²) in [4.78, 5) is 0. The fraction of sp³-hybridized carbons (Fsp3) is 0.562. The van der Waals surface area contributed by atoms with Gasteiger partial charge in [0.2, 0.25) is 0 Å². The molecule has 0 aromatic heterocycles. The van der Waals surface area contributed by atoms with Crippen LogP contribution in [-0.2, 0) is 14.0 Å². The Balaban J connectivity index is 2.11. The number of hydrogen-bond donors (Lipinski definition) is 2. The zero-order chi connectivity index (χ0) is 16.4. The van der Waals surface area contributed by atoms with Gasteiger partial charge in [-0.25, -0.2) is 0 Å². The highest BCUT2D eigenvalue weighted by Gasteiger charge is 2.52. The molecule has 2 rings (SSSR count). The lowest BCUT2D eigenvalue weighted by molar-refractivity contribution is 0.00578. The van der Waals surface area contributed by atoms with Gasteiger partial charge in [-0.05, 0) is 39.2 Å². The van der Waals surface area contributed by atoms with Crippen LogP contribution in [-0.4, -0.2) is 44.3 Å². The van der Waals surface area contributed by atoms with Gasteiger partial charge in [0.25, 0.3) is 0 Å². The van der Waals surface area contributed by atoms with Gasteiger partial charge in [0.05, 0.1) is 23.5 Å². The highest BCUT2D eigenvalue weighted by Crippen LogP contribution is 2.39. The molecule has 120 valence electrons. The molecule has 1 aliphatic carbocycles. The molecule has 0 spiro atoms. The molecular weight excluding hydrogens is 279 g/mol. The van der Waals surface area contributed by atoms with Crippen LogP contribution in [0.5, 0.6) is 0 Å². The monoisotopic (exact) mass is 304 g/mol. The quantitative estimate of drug-likeness (QED) is 0.604. The summed E-state index contributed by atoms with van der Waals surface area (Å²) in [5, 5.41) is 11.1. The van der Waals surface area contributed by atoms with E-state index in [9.17, 15) is 0 Å². The largest absolute Gasteiger partial charge is 0.494 e. The molecule has 1 saturated heterocycles. The SMILES string of the molecule is COCCN/C=C1/C=C(B2OC(C)(C)C(C)(C)O2)C=CC1=N. The van der Waals surface area contributed by atoms with Gasteiger partial charge in [0, 0.05) is 25.4 Å². The van der Waals surface area contributed by atoms with Gasteiger partial charge in [-0.3, -0.25) is 0 Å². The van der Waals surface area contributed by atoms with Gasteiger partial charge < -0.3 is 24.8 Å². The van der Waals surface area contributed by atoms with Gasteiger partial charge in [-0.15, -0.1) is 0 Å². The van der Waals surface area contributed by atoms with Crippen LogP contribution in [0.2, 0.25) is 0 Å². The Bertz CT molecular complexity index is 520. The molecule has 22 heavy (non-hydrogen) atoms. The predicted octanol–water partition coefficient (Wildman–Crippen LogP) is 2.25. The lowest BCUT2D eigenvalue weighted by Crippen LogP contribution is -2.41. The van der Waals surface area contributed by atoms with Crippen molar-refractivity contribution in [2.75, 3.05) is 20.3 Å². The minimum absolute atomic E-state index is 0.363. The minimum atomic E-state index is -0.406. The van der Waals surface area contributed by atoms with Crippen molar-refractivity contribution in [3.8, 4) is 0 Å². The average Bonchev–Trinajstić information content (AvgIpc) is 2.65. The second-order valence-corrected chi connectivity index (χ2v) is 6.53. The number of nitrogens with one attached hydrogen (secondary N) is 2. The number of allylic oxidation sites excluding steroid dienone is 5. The van der Waals surface area contributed by atoms with Crippen LogP contribution in [0.3, 0.4) is 0 Å².